The maximum atomic E-state index is 12.3. The summed E-state index contributed by atoms with van der Waals surface area (Å²) in [4.78, 5) is 24.2. The van der Waals surface area contributed by atoms with E-state index < -0.39 is 5.76 Å². The molecule has 23 heavy (non-hydrogen) atoms. The molecule has 0 radical (unpaired) electrons. The number of unbranched alkanes of at least 4 members (excludes halogenated alkanes) is 2. The molecule has 1 aliphatic carbocycles. The zero-order valence-electron chi connectivity index (χ0n) is 13.6. The van der Waals surface area contributed by atoms with Crippen LogP contribution in [0.2, 0.25) is 0 Å². The Kier molecular flexibility index (Phi) is 5.31. The third kappa shape index (κ3) is 3.92. The SMILES string of the molecule is O=C(CCCCCC1CCCCC1)n1c(=O)oc2ccccc21. The molecule has 2 aromatic rings. The first-order chi connectivity index (χ1) is 11.3. The average molecular weight is 315 g/mol. The van der Waals surface area contributed by atoms with Crippen LogP contribution in [0.5, 0.6) is 0 Å². The van der Waals surface area contributed by atoms with Gasteiger partial charge in [0.2, 0.25) is 5.91 Å². The smallest absolute Gasteiger partial charge is 0.407 e. The summed E-state index contributed by atoms with van der Waals surface area (Å²) in [5.41, 5.74) is 1.05. The number of carbonyl (C=O) groups excluding carboxylic acids is 1. The molecule has 4 heteroatoms. The fourth-order valence-corrected chi connectivity index (χ4v) is 3.68. The van der Waals surface area contributed by atoms with Gasteiger partial charge in [-0.25, -0.2) is 9.36 Å². The molecule has 0 saturated heterocycles. The van der Waals surface area contributed by atoms with Crippen molar-refractivity contribution in [3.05, 3.63) is 34.8 Å². The molecule has 4 nitrogen and oxygen atoms in total. The highest BCUT2D eigenvalue weighted by Gasteiger charge is 2.16. The minimum absolute atomic E-state index is 0.155. The first kappa shape index (κ1) is 16.0. The molecule has 1 heterocycles. The van der Waals surface area contributed by atoms with Gasteiger partial charge in [-0.2, -0.15) is 0 Å². The van der Waals surface area contributed by atoms with Crippen molar-refractivity contribution in [2.75, 3.05) is 0 Å². The van der Waals surface area contributed by atoms with E-state index in [1.165, 1.54) is 49.5 Å². The number of hydrogen-bond acceptors (Lipinski definition) is 3. The third-order valence-corrected chi connectivity index (χ3v) is 4.96. The molecule has 1 fully saturated rings. The Labute approximate surface area is 136 Å². The highest BCUT2D eigenvalue weighted by atomic mass is 16.4. The number of aromatic nitrogens is 1. The zero-order valence-corrected chi connectivity index (χ0v) is 13.6. The summed E-state index contributed by atoms with van der Waals surface area (Å²) in [7, 11) is 0. The van der Waals surface area contributed by atoms with Gasteiger partial charge in [-0.1, -0.05) is 63.5 Å². The van der Waals surface area contributed by atoms with Gasteiger partial charge in [-0.3, -0.25) is 4.79 Å². The summed E-state index contributed by atoms with van der Waals surface area (Å²) in [6.07, 6.45) is 11.8. The van der Waals surface area contributed by atoms with Crippen molar-refractivity contribution in [3.63, 3.8) is 0 Å². The van der Waals surface area contributed by atoms with Gasteiger partial charge in [0.15, 0.2) is 5.58 Å². The van der Waals surface area contributed by atoms with Crippen LogP contribution in [0.4, 0.5) is 0 Å². The molecule has 3 rings (SSSR count). The second-order valence-corrected chi connectivity index (χ2v) is 6.67. The Balaban J connectivity index is 1.47. The lowest BCUT2D eigenvalue weighted by atomic mass is 9.85. The molecule has 1 aromatic heterocycles. The molecule has 0 N–H and O–H groups in total. The average Bonchev–Trinajstić information content (AvgIpc) is 2.91. The second-order valence-electron chi connectivity index (χ2n) is 6.67. The number of rotatable bonds is 6. The third-order valence-electron chi connectivity index (χ3n) is 4.96. The lowest BCUT2D eigenvalue weighted by Gasteiger charge is -2.21. The van der Waals surface area contributed by atoms with Gasteiger partial charge in [0.25, 0.3) is 0 Å². The summed E-state index contributed by atoms with van der Waals surface area (Å²) in [5.74, 6) is 0.177. The Morgan fingerprint density at radius 1 is 1.09 bits per heavy atom. The quantitative estimate of drug-likeness (QED) is 0.722. The fourth-order valence-electron chi connectivity index (χ4n) is 3.68. The lowest BCUT2D eigenvalue weighted by molar-refractivity contribution is 0.0895. The van der Waals surface area contributed by atoms with E-state index in [1.807, 2.05) is 6.07 Å². The van der Waals surface area contributed by atoms with Crippen LogP contribution in [-0.4, -0.2) is 10.5 Å². The van der Waals surface area contributed by atoms with Gasteiger partial charge in [0.1, 0.15) is 0 Å². The number of oxazole rings is 1. The van der Waals surface area contributed by atoms with Crippen molar-refractivity contribution in [2.24, 2.45) is 5.92 Å². The minimum Gasteiger partial charge on any atom is -0.407 e. The van der Waals surface area contributed by atoms with Crippen LogP contribution < -0.4 is 5.76 Å². The number of carbonyl (C=O) groups is 1. The Morgan fingerprint density at radius 2 is 1.87 bits per heavy atom. The van der Waals surface area contributed by atoms with Crippen LogP contribution >= 0.6 is 0 Å². The number of nitrogens with zero attached hydrogens (tertiary/aromatic N) is 1. The van der Waals surface area contributed by atoms with E-state index in [-0.39, 0.29) is 5.91 Å². The Morgan fingerprint density at radius 3 is 2.70 bits per heavy atom. The van der Waals surface area contributed by atoms with Crippen molar-refractivity contribution in [3.8, 4) is 0 Å². The number of para-hydroxylation sites is 2. The number of fused-ring (bicyclic) bond motifs is 1. The Bertz CT molecular complexity index is 707. The minimum atomic E-state index is -0.571. The van der Waals surface area contributed by atoms with Crippen LogP contribution in [0.15, 0.2) is 33.5 Å². The summed E-state index contributed by atoms with van der Waals surface area (Å²) >= 11 is 0. The fraction of sp³-hybridized carbons (Fsp3) is 0.579. The summed E-state index contributed by atoms with van der Waals surface area (Å²) in [6.45, 7) is 0. The molecule has 0 unspecified atom stereocenters. The molecule has 0 spiro atoms. The van der Waals surface area contributed by atoms with Gasteiger partial charge in [-0.05, 0) is 24.5 Å². The van der Waals surface area contributed by atoms with E-state index in [9.17, 15) is 9.59 Å². The molecule has 124 valence electrons. The standard InChI is InChI=1S/C19H25NO3/c21-18(14-6-2-5-11-15-9-3-1-4-10-15)20-16-12-7-8-13-17(16)23-19(20)22/h7-8,12-13,15H,1-6,9-11,14H2. The highest BCUT2D eigenvalue weighted by Crippen LogP contribution is 2.28. The molecular formula is C19H25NO3. The molecule has 0 amide bonds. The van der Waals surface area contributed by atoms with Crippen LogP contribution in [0.25, 0.3) is 11.1 Å². The first-order valence-electron chi connectivity index (χ1n) is 8.89. The van der Waals surface area contributed by atoms with Crippen LogP contribution in [0.3, 0.4) is 0 Å². The highest BCUT2D eigenvalue weighted by molar-refractivity contribution is 5.88. The number of benzene rings is 1. The normalized spacial score (nSPS) is 16.0. The maximum Gasteiger partial charge on any atom is 0.426 e. The van der Waals surface area contributed by atoms with E-state index in [1.54, 1.807) is 18.2 Å². The molecule has 1 saturated carbocycles. The largest absolute Gasteiger partial charge is 0.426 e. The molecule has 0 atom stereocenters. The summed E-state index contributed by atoms with van der Waals surface area (Å²) in [6, 6.07) is 7.07. The van der Waals surface area contributed by atoms with Crippen molar-refractivity contribution in [1.29, 1.82) is 0 Å². The van der Waals surface area contributed by atoms with Crippen LogP contribution in [-0.2, 0) is 0 Å². The molecule has 1 aromatic carbocycles. The van der Waals surface area contributed by atoms with Gasteiger partial charge in [-0.15, -0.1) is 0 Å². The van der Waals surface area contributed by atoms with Crippen molar-refractivity contribution in [1.82, 2.24) is 4.57 Å². The van der Waals surface area contributed by atoms with Crippen molar-refractivity contribution in [2.45, 2.75) is 64.2 Å². The van der Waals surface area contributed by atoms with E-state index in [0.29, 0.717) is 17.5 Å². The maximum absolute atomic E-state index is 12.3. The molecule has 1 aliphatic rings. The first-order valence-corrected chi connectivity index (χ1v) is 8.89. The molecule has 0 bridgehead atoms. The van der Waals surface area contributed by atoms with Crippen molar-refractivity contribution >= 4 is 17.0 Å². The zero-order chi connectivity index (χ0) is 16.1. The molecular weight excluding hydrogens is 290 g/mol. The summed E-state index contributed by atoms with van der Waals surface area (Å²) < 4.78 is 6.29. The second kappa shape index (κ2) is 7.62. The van der Waals surface area contributed by atoms with Gasteiger partial charge < -0.3 is 4.42 Å². The Hall–Kier alpha value is -1.84. The van der Waals surface area contributed by atoms with Gasteiger partial charge in [0, 0.05) is 6.42 Å². The van der Waals surface area contributed by atoms with E-state index in [0.717, 1.165) is 18.8 Å². The van der Waals surface area contributed by atoms with E-state index in [4.69, 9.17) is 4.42 Å². The van der Waals surface area contributed by atoms with Gasteiger partial charge in [0.05, 0.1) is 5.52 Å². The lowest BCUT2D eigenvalue weighted by Crippen LogP contribution is -2.22. The topological polar surface area (TPSA) is 52.2 Å². The van der Waals surface area contributed by atoms with Crippen LogP contribution in [0, 0.1) is 5.92 Å². The number of hydrogen-bond donors (Lipinski definition) is 0. The van der Waals surface area contributed by atoms with E-state index in [2.05, 4.69) is 0 Å². The monoisotopic (exact) mass is 315 g/mol. The predicted molar refractivity (Wildman–Crippen MR) is 90.8 cm³/mol. The van der Waals surface area contributed by atoms with Crippen LogP contribution in [0.1, 0.15) is 69.0 Å². The van der Waals surface area contributed by atoms with Gasteiger partial charge >= 0.3 is 5.76 Å². The van der Waals surface area contributed by atoms with E-state index >= 15 is 0 Å². The summed E-state index contributed by atoms with van der Waals surface area (Å²) in [5, 5.41) is 0. The van der Waals surface area contributed by atoms with Crippen molar-refractivity contribution < 1.29 is 9.21 Å². The predicted octanol–water partition coefficient (Wildman–Crippen LogP) is 4.77. The molecule has 0 aliphatic heterocycles.